The Balaban J connectivity index is 4.55. The molecule has 0 saturated heterocycles. The van der Waals surface area contributed by atoms with E-state index in [1.165, 1.54) is 6.92 Å². The van der Waals surface area contributed by atoms with Gasteiger partial charge in [0.25, 0.3) is 0 Å². The van der Waals surface area contributed by atoms with Crippen molar-refractivity contribution in [3.8, 4) is 0 Å². The van der Waals surface area contributed by atoms with Crippen molar-refractivity contribution in [2.45, 2.75) is 24.9 Å². The average Bonchev–Trinajstić information content (AvgIpc) is 1.85. The zero-order chi connectivity index (χ0) is 9.23. The van der Waals surface area contributed by atoms with Crippen LogP contribution in [0.5, 0.6) is 0 Å². The van der Waals surface area contributed by atoms with E-state index in [1.807, 2.05) is 0 Å². The van der Waals surface area contributed by atoms with Crippen LogP contribution in [-0.4, -0.2) is 11.7 Å². The van der Waals surface area contributed by atoms with Crippen LogP contribution in [-0.2, 0) is 30.7 Å². The number of Topliss-reactive ketones (excluding diaryl/α,β-unsaturated/α-hetero) is 1. The van der Waals surface area contributed by atoms with E-state index in [0.717, 1.165) is 0 Å². The molecule has 1 unspecified atom stereocenters. The maximum atomic E-state index is 10.9. The SMILES string of the molecule is CC(=O)[CH]([Au])C(C)(C)C(N)=O. The number of ketones is 1. The third-order valence-electron chi connectivity index (χ3n) is 1.54. The Bertz CT molecular complexity index is 189. The molecular weight excluding hydrogens is 327 g/mol. The number of carbonyl (C=O) groups is 2. The summed E-state index contributed by atoms with van der Waals surface area (Å²) in [7, 11) is 0. The van der Waals surface area contributed by atoms with Crippen molar-refractivity contribution >= 4 is 11.7 Å². The third kappa shape index (κ3) is 2.43. The predicted molar refractivity (Wildman–Crippen MR) is 37.4 cm³/mol. The summed E-state index contributed by atoms with van der Waals surface area (Å²) in [5.74, 6) is -0.475. The van der Waals surface area contributed by atoms with Gasteiger partial charge in [0.05, 0.1) is 0 Å². The first-order valence-electron chi connectivity index (χ1n) is 3.20. The van der Waals surface area contributed by atoms with Crippen molar-refractivity contribution in [3.63, 3.8) is 0 Å². The summed E-state index contributed by atoms with van der Waals surface area (Å²) >= 11 is 2.13. The van der Waals surface area contributed by atoms with E-state index in [2.05, 4.69) is 21.1 Å². The van der Waals surface area contributed by atoms with Gasteiger partial charge in [-0.2, -0.15) is 0 Å². The molecule has 0 heterocycles. The van der Waals surface area contributed by atoms with Crippen molar-refractivity contribution in [2.75, 3.05) is 0 Å². The zero-order valence-electron chi connectivity index (χ0n) is 6.77. The summed E-state index contributed by atoms with van der Waals surface area (Å²) in [6.45, 7) is 4.79. The van der Waals surface area contributed by atoms with Gasteiger partial charge in [-0.15, -0.1) is 0 Å². The molecule has 0 fully saturated rings. The Morgan fingerprint density at radius 1 is 1.45 bits per heavy atom. The Kier molecular flexibility index (Phi) is 3.48. The average molecular weight is 339 g/mol. The van der Waals surface area contributed by atoms with Crippen LogP contribution in [0.25, 0.3) is 0 Å². The van der Waals surface area contributed by atoms with Crippen molar-refractivity contribution in [1.29, 1.82) is 0 Å². The first-order chi connectivity index (χ1) is 4.80. The Hall–Kier alpha value is -0.120. The molecule has 0 aromatic carbocycles. The molecule has 1 amide bonds. The topological polar surface area (TPSA) is 60.2 Å². The van der Waals surface area contributed by atoms with Crippen LogP contribution in [0, 0.1) is 5.41 Å². The number of nitrogens with two attached hydrogens (primary N) is 1. The second-order valence-corrected chi connectivity index (χ2v) is 4.27. The number of primary amides is 1. The monoisotopic (exact) mass is 339 g/mol. The van der Waals surface area contributed by atoms with E-state index in [1.54, 1.807) is 13.8 Å². The van der Waals surface area contributed by atoms with Crippen LogP contribution >= 0.6 is 0 Å². The minimum atomic E-state index is -0.755. The summed E-state index contributed by atoms with van der Waals surface area (Å²) in [4.78, 5) is 21.7. The fourth-order valence-electron chi connectivity index (χ4n) is 0.622. The molecule has 0 bridgehead atoms. The van der Waals surface area contributed by atoms with E-state index < -0.39 is 11.3 Å². The van der Waals surface area contributed by atoms with Crippen LogP contribution in [0.3, 0.4) is 0 Å². The first kappa shape index (κ1) is 10.9. The Labute approximate surface area is 78.6 Å². The second kappa shape index (κ2) is 3.52. The minimum absolute atomic E-state index is 0.0304. The summed E-state index contributed by atoms with van der Waals surface area (Å²) in [6.07, 6.45) is 0. The fraction of sp³-hybridized carbons (Fsp3) is 0.714. The van der Waals surface area contributed by atoms with Gasteiger partial charge >= 0.3 is 78.4 Å². The van der Waals surface area contributed by atoms with E-state index in [9.17, 15) is 9.59 Å². The molecule has 3 nitrogen and oxygen atoms in total. The quantitative estimate of drug-likeness (QED) is 0.758. The second-order valence-electron chi connectivity index (χ2n) is 3.02. The van der Waals surface area contributed by atoms with Crippen LogP contribution in [0.15, 0.2) is 0 Å². The van der Waals surface area contributed by atoms with Gasteiger partial charge in [-0.3, -0.25) is 0 Å². The van der Waals surface area contributed by atoms with Crippen molar-refractivity contribution in [2.24, 2.45) is 11.1 Å². The molecule has 0 saturated carbocycles. The molecule has 4 heteroatoms. The maximum absolute atomic E-state index is 10.9. The van der Waals surface area contributed by atoms with E-state index in [4.69, 9.17) is 5.73 Å². The molecule has 0 aromatic rings. The molecule has 68 valence electrons. The summed E-state index contributed by atoms with van der Waals surface area (Å²) in [5, 5.41) is 0. The molecule has 0 aliphatic heterocycles. The van der Waals surface area contributed by atoms with Crippen LogP contribution in [0.4, 0.5) is 0 Å². The predicted octanol–water partition coefficient (Wildman–Crippen LogP) is 0.422. The fourth-order valence-corrected chi connectivity index (χ4v) is 0.930. The molecule has 0 spiro atoms. The van der Waals surface area contributed by atoms with E-state index >= 15 is 0 Å². The third-order valence-corrected chi connectivity index (χ3v) is 3.98. The summed E-state index contributed by atoms with van der Waals surface area (Å²) in [6, 6.07) is 0. The molecule has 2 N–H and O–H groups in total. The Morgan fingerprint density at radius 2 is 1.82 bits per heavy atom. The molecule has 1 atom stereocenters. The van der Waals surface area contributed by atoms with Crippen LogP contribution in [0.1, 0.15) is 20.8 Å². The van der Waals surface area contributed by atoms with E-state index in [0.29, 0.717) is 0 Å². The van der Waals surface area contributed by atoms with Gasteiger partial charge in [0, 0.05) is 0 Å². The molecule has 0 rings (SSSR count). The van der Waals surface area contributed by atoms with Gasteiger partial charge in [0.15, 0.2) is 0 Å². The van der Waals surface area contributed by atoms with Gasteiger partial charge in [-0.1, -0.05) is 0 Å². The number of hydrogen-bond donors (Lipinski definition) is 1. The molecule has 0 aliphatic carbocycles. The normalized spacial score (nSPS) is 14.3. The summed E-state index contributed by atoms with van der Waals surface area (Å²) in [5.41, 5.74) is 4.35. The number of rotatable bonds is 3. The van der Waals surface area contributed by atoms with Crippen LogP contribution in [0.2, 0.25) is 4.14 Å². The zero-order valence-corrected chi connectivity index (χ0v) is 8.94. The van der Waals surface area contributed by atoms with Crippen molar-refractivity contribution in [1.82, 2.24) is 0 Å². The van der Waals surface area contributed by atoms with Crippen molar-refractivity contribution < 1.29 is 30.7 Å². The number of amides is 1. The number of carbonyl (C=O) groups excluding carboxylic acids is 2. The number of hydrogen-bond acceptors (Lipinski definition) is 2. The van der Waals surface area contributed by atoms with Gasteiger partial charge in [0.2, 0.25) is 0 Å². The Morgan fingerprint density at radius 3 is 1.91 bits per heavy atom. The molecule has 0 radical (unpaired) electrons. The van der Waals surface area contributed by atoms with Crippen LogP contribution < -0.4 is 5.73 Å². The van der Waals surface area contributed by atoms with Gasteiger partial charge < -0.3 is 0 Å². The van der Waals surface area contributed by atoms with Gasteiger partial charge in [-0.05, 0) is 0 Å². The van der Waals surface area contributed by atoms with Gasteiger partial charge in [-0.25, -0.2) is 0 Å². The van der Waals surface area contributed by atoms with Gasteiger partial charge in [0.1, 0.15) is 0 Å². The molecule has 0 aliphatic rings. The standard InChI is InChI=1S/C7H12NO2.Au/c1-5(9)4-7(2,3)6(8)10;/h4H,1-3H3,(H2,8,10);. The first-order valence-corrected chi connectivity index (χ1v) is 4.45. The molecule has 0 aromatic heterocycles. The molecule has 11 heavy (non-hydrogen) atoms. The van der Waals surface area contributed by atoms with E-state index in [-0.39, 0.29) is 9.92 Å². The van der Waals surface area contributed by atoms with Crippen molar-refractivity contribution in [3.05, 3.63) is 0 Å². The molecular formula is C7H12AuNO2. The summed E-state index contributed by atoms with van der Waals surface area (Å²) < 4.78 is -0.361.